The minimum atomic E-state index is -0.792. The van der Waals surface area contributed by atoms with Crippen LogP contribution in [0.4, 0.5) is 0 Å². The molecule has 0 heterocycles. The van der Waals surface area contributed by atoms with Crippen LogP contribution in [-0.4, -0.2) is 37.2 Å². The molecule has 1 atom stereocenters. The fraction of sp³-hybridized carbons (Fsp3) is 0.783. The molecule has 0 aromatic carbocycles. The number of rotatable bonds is 51. The highest BCUT2D eigenvalue weighted by molar-refractivity contribution is 5.71. The van der Waals surface area contributed by atoms with E-state index >= 15 is 0 Å². The third-order valence-electron chi connectivity index (χ3n) is 12.3. The maximum absolute atomic E-state index is 12.8. The highest BCUT2D eigenvalue weighted by Gasteiger charge is 2.19. The zero-order valence-corrected chi connectivity index (χ0v) is 43.7. The number of ether oxygens (including phenoxy) is 3. The summed E-state index contributed by atoms with van der Waals surface area (Å²) in [5.74, 6) is -0.922. The van der Waals surface area contributed by atoms with Gasteiger partial charge in [-0.1, -0.05) is 242 Å². The summed E-state index contributed by atoms with van der Waals surface area (Å²) in [7, 11) is 0. The minimum absolute atomic E-state index is 0.0871. The van der Waals surface area contributed by atoms with Gasteiger partial charge in [-0.2, -0.15) is 0 Å². The monoisotopic (exact) mass is 923 g/mol. The smallest absolute Gasteiger partial charge is 0.306 e. The van der Waals surface area contributed by atoms with Crippen LogP contribution in [0.3, 0.4) is 0 Å². The lowest BCUT2D eigenvalue weighted by Crippen LogP contribution is -2.30. The van der Waals surface area contributed by atoms with Crippen LogP contribution in [-0.2, 0) is 28.6 Å². The number of hydrogen-bond donors (Lipinski definition) is 0. The summed E-state index contributed by atoms with van der Waals surface area (Å²) in [6, 6.07) is 0. The summed E-state index contributed by atoms with van der Waals surface area (Å²) >= 11 is 0. The van der Waals surface area contributed by atoms with E-state index < -0.39 is 6.10 Å². The number of carbonyl (C=O) groups is 3. The Morgan fingerprint density at radius 3 is 0.970 bits per heavy atom. The molecule has 0 saturated carbocycles. The van der Waals surface area contributed by atoms with Crippen molar-refractivity contribution >= 4 is 17.9 Å². The van der Waals surface area contributed by atoms with Crippen molar-refractivity contribution in [2.24, 2.45) is 0 Å². The Balaban J connectivity index is 4.35. The summed E-state index contributed by atoms with van der Waals surface area (Å²) in [4.78, 5) is 38.1. The molecule has 1 unspecified atom stereocenters. The Morgan fingerprint density at radius 1 is 0.318 bits per heavy atom. The van der Waals surface area contributed by atoms with Gasteiger partial charge >= 0.3 is 17.9 Å². The minimum Gasteiger partial charge on any atom is -0.462 e. The van der Waals surface area contributed by atoms with Crippen molar-refractivity contribution < 1.29 is 28.6 Å². The normalized spacial score (nSPS) is 12.5. The van der Waals surface area contributed by atoms with Gasteiger partial charge in [-0.15, -0.1) is 0 Å². The fourth-order valence-electron chi connectivity index (χ4n) is 8.02. The van der Waals surface area contributed by atoms with Gasteiger partial charge in [0.1, 0.15) is 13.2 Å². The lowest BCUT2D eigenvalue weighted by molar-refractivity contribution is -0.167. The van der Waals surface area contributed by atoms with Crippen LogP contribution in [0.2, 0.25) is 0 Å². The second-order valence-corrected chi connectivity index (χ2v) is 18.8. The molecule has 6 heteroatoms. The van der Waals surface area contributed by atoms with E-state index in [9.17, 15) is 14.4 Å². The third kappa shape index (κ3) is 52.1. The van der Waals surface area contributed by atoms with Gasteiger partial charge in [0.25, 0.3) is 0 Å². The second kappa shape index (κ2) is 54.7. The number of unbranched alkanes of at least 4 members (excludes halogenated alkanes) is 30. The molecule has 0 N–H and O–H groups in total. The van der Waals surface area contributed by atoms with Crippen LogP contribution < -0.4 is 0 Å². The molecule has 0 fully saturated rings. The molecular formula is C60H106O6. The maximum Gasteiger partial charge on any atom is 0.306 e. The fourth-order valence-corrected chi connectivity index (χ4v) is 8.02. The molecule has 0 aromatic rings. The van der Waals surface area contributed by atoms with Gasteiger partial charge in [-0.25, -0.2) is 0 Å². The van der Waals surface area contributed by atoms with Crippen LogP contribution in [0.1, 0.15) is 284 Å². The predicted molar refractivity (Wildman–Crippen MR) is 284 cm³/mol. The van der Waals surface area contributed by atoms with Crippen LogP contribution in [0.15, 0.2) is 60.8 Å². The first-order valence-electron chi connectivity index (χ1n) is 28.3. The first-order valence-corrected chi connectivity index (χ1v) is 28.3. The lowest BCUT2D eigenvalue weighted by Gasteiger charge is -2.18. The molecule has 0 aliphatic rings. The van der Waals surface area contributed by atoms with Gasteiger partial charge in [0.2, 0.25) is 0 Å². The second-order valence-electron chi connectivity index (χ2n) is 18.8. The number of carbonyl (C=O) groups excluding carboxylic acids is 3. The summed E-state index contributed by atoms with van der Waals surface area (Å²) in [6.07, 6.45) is 67.9. The first-order chi connectivity index (χ1) is 32.5. The zero-order valence-electron chi connectivity index (χ0n) is 43.7. The summed E-state index contributed by atoms with van der Waals surface area (Å²) in [5.41, 5.74) is 0. The van der Waals surface area contributed by atoms with E-state index in [-0.39, 0.29) is 31.1 Å². The molecule has 0 rings (SSSR count). The van der Waals surface area contributed by atoms with Crippen molar-refractivity contribution in [3.05, 3.63) is 60.8 Å². The molecule has 66 heavy (non-hydrogen) atoms. The van der Waals surface area contributed by atoms with Crippen molar-refractivity contribution in [3.63, 3.8) is 0 Å². The summed E-state index contributed by atoms with van der Waals surface area (Å²) < 4.78 is 16.8. The van der Waals surface area contributed by atoms with Gasteiger partial charge in [-0.05, 0) is 83.5 Å². The molecule has 0 aliphatic carbocycles. The summed E-state index contributed by atoms with van der Waals surface area (Å²) in [5, 5.41) is 0. The molecule has 0 aromatic heterocycles. The van der Waals surface area contributed by atoms with Crippen LogP contribution >= 0.6 is 0 Å². The molecule has 382 valence electrons. The molecule has 6 nitrogen and oxygen atoms in total. The van der Waals surface area contributed by atoms with E-state index in [1.54, 1.807) is 0 Å². The Bertz CT molecular complexity index is 1200. The standard InChI is InChI=1S/C60H106O6/c1-4-7-10-13-16-19-22-25-27-28-29-30-31-33-35-38-41-44-47-50-53-59(62)65-56-57(55-64-58(61)52-49-46-43-40-37-34-24-21-18-15-12-9-6-3)66-60(63)54-51-48-45-42-39-36-32-26-23-20-17-14-11-8-5-2/h9,12,17-18,20-21,26,32,34,37,57H,4-8,10-11,13-16,19,22-25,27-31,33,35-36,38-56H2,1-3H3/b12-9-,20-17-,21-18-,32-26-,37-34-. The molecule has 0 bridgehead atoms. The van der Waals surface area contributed by atoms with E-state index in [1.807, 2.05) is 0 Å². The Hall–Kier alpha value is -2.89. The van der Waals surface area contributed by atoms with E-state index in [2.05, 4.69) is 81.5 Å². The Morgan fingerprint density at radius 2 is 0.591 bits per heavy atom. The Kier molecular flexibility index (Phi) is 52.3. The van der Waals surface area contributed by atoms with Crippen LogP contribution in [0, 0.1) is 0 Å². The SMILES string of the molecule is CC/C=C\C/C=C\C/C=C\CCCCCC(=O)OCC(COC(=O)CCCCCCCCCCCCCCCCCCCCCC)OC(=O)CCCCCCC/C=C\C/C=C\CCCCC. The third-order valence-corrected chi connectivity index (χ3v) is 12.3. The average Bonchev–Trinajstić information content (AvgIpc) is 3.31. The predicted octanol–water partition coefficient (Wildman–Crippen LogP) is 18.8. The van der Waals surface area contributed by atoms with E-state index in [0.29, 0.717) is 19.3 Å². The highest BCUT2D eigenvalue weighted by Crippen LogP contribution is 2.16. The van der Waals surface area contributed by atoms with Crippen LogP contribution in [0.25, 0.3) is 0 Å². The van der Waals surface area contributed by atoms with Crippen molar-refractivity contribution in [3.8, 4) is 0 Å². The number of hydrogen-bond acceptors (Lipinski definition) is 6. The van der Waals surface area contributed by atoms with Gasteiger partial charge in [0.05, 0.1) is 0 Å². The topological polar surface area (TPSA) is 78.9 Å². The van der Waals surface area contributed by atoms with Crippen molar-refractivity contribution in [1.82, 2.24) is 0 Å². The van der Waals surface area contributed by atoms with E-state index in [1.165, 1.54) is 135 Å². The largest absolute Gasteiger partial charge is 0.462 e. The highest BCUT2D eigenvalue weighted by atomic mass is 16.6. The molecule has 0 amide bonds. The van der Waals surface area contributed by atoms with Gasteiger partial charge in [0, 0.05) is 19.3 Å². The van der Waals surface area contributed by atoms with E-state index in [4.69, 9.17) is 14.2 Å². The Labute approximate surface area is 409 Å². The average molecular weight is 924 g/mol. The lowest BCUT2D eigenvalue weighted by atomic mass is 10.0. The van der Waals surface area contributed by atoms with Crippen LogP contribution in [0.5, 0.6) is 0 Å². The zero-order chi connectivity index (χ0) is 47.9. The maximum atomic E-state index is 12.8. The van der Waals surface area contributed by atoms with Gasteiger partial charge in [-0.3, -0.25) is 14.4 Å². The summed E-state index contributed by atoms with van der Waals surface area (Å²) in [6.45, 7) is 6.49. The number of allylic oxidation sites excluding steroid dienone is 10. The first kappa shape index (κ1) is 63.1. The molecule has 0 saturated heterocycles. The van der Waals surface area contributed by atoms with E-state index in [0.717, 1.165) is 109 Å². The molecule has 0 radical (unpaired) electrons. The van der Waals surface area contributed by atoms with Crippen molar-refractivity contribution in [2.45, 2.75) is 290 Å². The van der Waals surface area contributed by atoms with Crippen molar-refractivity contribution in [2.75, 3.05) is 13.2 Å². The van der Waals surface area contributed by atoms with Gasteiger partial charge < -0.3 is 14.2 Å². The molecular weight excluding hydrogens is 817 g/mol. The van der Waals surface area contributed by atoms with Crippen molar-refractivity contribution in [1.29, 1.82) is 0 Å². The molecule has 0 spiro atoms. The quantitative estimate of drug-likeness (QED) is 0.0262. The van der Waals surface area contributed by atoms with Gasteiger partial charge in [0.15, 0.2) is 6.10 Å². The number of esters is 3. The molecule has 0 aliphatic heterocycles.